The lowest BCUT2D eigenvalue weighted by atomic mass is 10.0. The Balaban J connectivity index is 1.32. The highest BCUT2D eigenvalue weighted by molar-refractivity contribution is 6.29. The molecule has 1 N–H and O–H groups in total. The third-order valence-electron chi connectivity index (χ3n) is 5.22. The smallest absolute Gasteiger partial charge is 0.253 e. The topological polar surface area (TPSA) is 80.2 Å². The van der Waals surface area contributed by atoms with Gasteiger partial charge >= 0.3 is 0 Å². The molecule has 3 atom stereocenters. The van der Waals surface area contributed by atoms with Crippen LogP contribution in [0.5, 0.6) is 5.88 Å². The van der Waals surface area contributed by atoms with Crippen LogP contribution in [0, 0.1) is 11.8 Å². The molecule has 0 radical (unpaired) electrons. The van der Waals surface area contributed by atoms with Crippen LogP contribution in [0.4, 0.5) is 5.82 Å². The lowest BCUT2D eigenvalue weighted by Gasteiger charge is -2.20. The summed E-state index contributed by atoms with van der Waals surface area (Å²) in [4.78, 5) is 27.2. The van der Waals surface area contributed by atoms with E-state index in [1.54, 1.807) is 37.8 Å². The van der Waals surface area contributed by atoms with Gasteiger partial charge in [0.05, 0.1) is 25.1 Å². The highest BCUT2D eigenvalue weighted by atomic mass is 35.5. The molecule has 2 aliphatic rings. The number of fused-ring (bicyclic) bond motifs is 1. The SMILES string of the molecule is COc1ccc(C(=O)N[C@@H]2C[C@@H]3CN(c4cnc(Cl)cn4)C[C@@H]3C2)cn1. The molecular weight excluding hydrogens is 354 g/mol. The van der Waals surface area contributed by atoms with Gasteiger partial charge in [0, 0.05) is 31.4 Å². The van der Waals surface area contributed by atoms with Crippen molar-refractivity contribution in [3.05, 3.63) is 41.4 Å². The van der Waals surface area contributed by atoms with Crippen LogP contribution in [-0.2, 0) is 0 Å². The molecule has 2 aromatic heterocycles. The maximum atomic E-state index is 12.4. The Morgan fingerprint density at radius 1 is 1.15 bits per heavy atom. The maximum Gasteiger partial charge on any atom is 0.253 e. The zero-order chi connectivity index (χ0) is 18.1. The zero-order valence-corrected chi connectivity index (χ0v) is 15.2. The number of pyridine rings is 1. The van der Waals surface area contributed by atoms with Gasteiger partial charge in [0.1, 0.15) is 11.0 Å². The summed E-state index contributed by atoms with van der Waals surface area (Å²) in [5, 5.41) is 3.55. The number of nitrogens with zero attached hydrogens (tertiary/aromatic N) is 4. The largest absolute Gasteiger partial charge is 0.481 e. The number of amides is 1. The molecule has 1 saturated heterocycles. The first-order valence-corrected chi connectivity index (χ1v) is 9.03. The molecule has 1 saturated carbocycles. The van der Waals surface area contributed by atoms with E-state index in [9.17, 15) is 4.79 Å². The average molecular weight is 374 g/mol. The molecule has 2 fully saturated rings. The summed E-state index contributed by atoms with van der Waals surface area (Å²) in [7, 11) is 1.55. The molecule has 136 valence electrons. The van der Waals surface area contributed by atoms with Gasteiger partial charge in [-0.05, 0) is 30.7 Å². The van der Waals surface area contributed by atoms with E-state index in [1.165, 1.54) is 0 Å². The molecule has 8 heteroatoms. The van der Waals surface area contributed by atoms with Crippen molar-refractivity contribution >= 4 is 23.3 Å². The lowest BCUT2D eigenvalue weighted by molar-refractivity contribution is 0.0936. The highest BCUT2D eigenvalue weighted by Gasteiger charge is 2.41. The van der Waals surface area contributed by atoms with Crippen molar-refractivity contribution in [3.8, 4) is 5.88 Å². The van der Waals surface area contributed by atoms with E-state index in [0.29, 0.717) is 28.4 Å². The molecule has 7 nitrogen and oxygen atoms in total. The number of hydrogen-bond donors (Lipinski definition) is 1. The molecule has 1 aliphatic carbocycles. The van der Waals surface area contributed by atoms with Crippen molar-refractivity contribution in [3.63, 3.8) is 0 Å². The number of carbonyl (C=O) groups is 1. The van der Waals surface area contributed by atoms with Crippen LogP contribution in [0.25, 0.3) is 0 Å². The minimum atomic E-state index is -0.0782. The summed E-state index contributed by atoms with van der Waals surface area (Å²) in [5.74, 6) is 2.42. The molecule has 1 amide bonds. The fraction of sp³-hybridized carbons (Fsp3) is 0.444. The van der Waals surface area contributed by atoms with Gasteiger partial charge in [0.25, 0.3) is 5.91 Å². The summed E-state index contributed by atoms with van der Waals surface area (Å²) in [5.41, 5.74) is 0.556. The number of hydrogen-bond acceptors (Lipinski definition) is 6. The lowest BCUT2D eigenvalue weighted by Crippen LogP contribution is -2.35. The van der Waals surface area contributed by atoms with Crippen molar-refractivity contribution in [2.45, 2.75) is 18.9 Å². The first-order valence-electron chi connectivity index (χ1n) is 8.66. The van der Waals surface area contributed by atoms with Crippen LogP contribution in [0.15, 0.2) is 30.7 Å². The fourth-order valence-electron chi connectivity index (χ4n) is 3.98. The van der Waals surface area contributed by atoms with E-state index in [1.807, 2.05) is 0 Å². The monoisotopic (exact) mass is 373 g/mol. The van der Waals surface area contributed by atoms with E-state index in [4.69, 9.17) is 16.3 Å². The summed E-state index contributed by atoms with van der Waals surface area (Å²) < 4.78 is 5.02. The Bertz CT molecular complexity index is 769. The molecule has 4 rings (SSSR count). The summed E-state index contributed by atoms with van der Waals surface area (Å²) in [6.45, 7) is 1.88. The average Bonchev–Trinajstić information content (AvgIpc) is 3.21. The van der Waals surface area contributed by atoms with Crippen LogP contribution >= 0.6 is 11.6 Å². The maximum absolute atomic E-state index is 12.4. The Morgan fingerprint density at radius 3 is 2.50 bits per heavy atom. The van der Waals surface area contributed by atoms with Gasteiger partial charge in [-0.2, -0.15) is 0 Å². The Hall–Kier alpha value is -2.41. The number of aromatic nitrogens is 3. The van der Waals surface area contributed by atoms with Gasteiger partial charge in [0.15, 0.2) is 0 Å². The number of carbonyl (C=O) groups excluding carboxylic acids is 1. The van der Waals surface area contributed by atoms with Crippen molar-refractivity contribution in [2.24, 2.45) is 11.8 Å². The van der Waals surface area contributed by atoms with E-state index < -0.39 is 0 Å². The highest BCUT2D eigenvalue weighted by Crippen LogP contribution is 2.39. The minimum Gasteiger partial charge on any atom is -0.481 e. The Kier molecular flexibility index (Phi) is 4.63. The Morgan fingerprint density at radius 2 is 1.92 bits per heavy atom. The van der Waals surface area contributed by atoms with E-state index in [2.05, 4.69) is 25.2 Å². The van der Waals surface area contributed by atoms with E-state index in [-0.39, 0.29) is 11.9 Å². The van der Waals surface area contributed by atoms with Crippen LogP contribution < -0.4 is 15.0 Å². The van der Waals surface area contributed by atoms with Gasteiger partial charge in [-0.3, -0.25) is 4.79 Å². The predicted molar refractivity (Wildman–Crippen MR) is 97.5 cm³/mol. The summed E-state index contributed by atoms with van der Waals surface area (Å²) in [6, 6.07) is 3.64. The molecular formula is C18H20ClN5O2. The standard InChI is InChI=1S/C18H20ClN5O2/c1-26-17-3-2-11(6-22-17)18(25)23-14-4-12-9-24(10-13(12)5-14)16-8-20-15(19)7-21-16/h2-3,6-8,12-14H,4-5,9-10H2,1H3,(H,23,25)/t12-,13+,14-. The van der Waals surface area contributed by atoms with Crippen molar-refractivity contribution < 1.29 is 9.53 Å². The normalized spacial score (nSPS) is 24.4. The second-order valence-electron chi connectivity index (χ2n) is 6.85. The zero-order valence-electron chi connectivity index (χ0n) is 14.4. The number of nitrogens with one attached hydrogen (secondary N) is 1. The van der Waals surface area contributed by atoms with Gasteiger partial charge < -0.3 is 15.0 Å². The van der Waals surface area contributed by atoms with Crippen molar-refractivity contribution in [1.82, 2.24) is 20.3 Å². The third-order valence-corrected chi connectivity index (χ3v) is 5.42. The molecule has 0 aromatic carbocycles. The fourth-order valence-corrected chi connectivity index (χ4v) is 4.08. The van der Waals surface area contributed by atoms with Crippen LogP contribution in [0.3, 0.4) is 0 Å². The van der Waals surface area contributed by atoms with Gasteiger partial charge in [0.2, 0.25) is 5.88 Å². The molecule has 0 unspecified atom stereocenters. The molecule has 0 bridgehead atoms. The number of ether oxygens (including phenoxy) is 1. The van der Waals surface area contributed by atoms with Crippen LogP contribution in [0.2, 0.25) is 5.15 Å². The number of rotatable bonds is 4. The van der Waals surface area contributed by atoms with E-state index in [0.717, 1.165) is 31.7 Å². The predicted octanol–water partition coefficient (Wildman–Crippen LogP) is 2.18. The van der Waals surface area contributed by atoms with Gasteiger partial charge in [-0.15, -0.1) is 0 Å². The second kappa shape index (κ2) is 7.07. The minimum absolute atomic E-state index is 0.0782. The molecule has 3 heterocycles. The quantitative estimate of drug-likeness (QED) is 0.884. The van der Waals surface area contributed by atoms with E-state index >= 15 is 0 Å². The van der Waals surface area contributed by atoms with Crippen LogP contribution in [-0.4, -0.2) is 47.1 Å². The van der Waals surface area contributed by atoms with Gasteiger partial charge in [-0.1, -0.05) is 11.6 Å². The third kappa shape index (κ3) is 3.44. The van der Waals surface area contributed by atoms with Gasteiger partial charge in [-0.25, -0.2) is 15.0 Å². The van der Waals surface area contributed by atoms with Crippen molar-refractivity contribution in [1.29, 1.82) is 0 Å². The molecule has 2 aromatic rings. The van der Waals surface area contributed by atoms with Crippen LogP contribution in [0.1, 0.15) is 23.2 Å². The molecule has 1 aliphatic heterocycles. The number of halogens is 1. The Labute approximate surface area is 156 Å². The van der Waals surface area contributed by atoms with Crippen molar-refractivity contribution in [2.75, 3.05) is 25.1 Å². The number of anilines is 1. The first-order chi connectivity index (χ1) is 12.6. The number of methoxy groups -OCH3 is 1. The molecule has 26 heavy (non-hydrogen) atoms. The summed E-state index contributed by atoms with van der Waals surface area (Å²) >= 11 is 5.81. The first kappa shape index (κ1) is 17.0. The molecule has 0 spiro atoms. The second-order valence-corrected chi connectivity index (χ2v) is 7.24. The summed E-state index contributed by atoms with van der Waals surface area (Å²) in [6.07, 6.45) is 6.82.